The van der Waals surface area contributed by atoms with Crippen LogP contribution in [-0.2, 0) is 17.5 Å². The van der Waals surface area contributed by atoms with Crippen molar-refractivity contribution in [3.8, 4) is 5.75 Å². The topological polar surface area (TPSA) is 99.7 Å². The number of fused-ring (bicyclic) bond motifs is 1. The second-order valence-electron chi connectivity index (χ2n) is 6.72. The minimum Gasteiger partial charge on any atom is -0.487 e. The molecule has 0 atom stereocenters. The molecule has 3 aromatic rings. The number of hydrazone groups is 1. The summed E-state index contributed by atoms with van der Waals surface area (Å²) in [6, 6.07) is 11.5. The normalized spacial score (nSPS) is 12.1. The largest absolute Gasteiger partial charge is 0.487 e. The third kappa shape index (κ3) is 5.62. The lowest BCUT2D eigenvalue weighted by atomic mass is 10.2. The highest BCUT2D eigenvalue weighted by molar-refractivity contribution is 6.41. The van der Waals surface area contributed by atoms with Crippen LogP contribution < -0.4 is 10.2 Å². The van der Waals surface area contributed by atoms with Gasteiger partial charge in [0.1, 0.15) is 24.6 Å². The maximum absolute atomic E-state index is 12.8. The van der Waals surface area contributed by atoms with Gasteiger partial charge in [0.25, 0.3) is 0 Å². The Morgan fingerprint density at radius 2 is 2.00 bits per heavy atom. The molecule has 10 heteroatoms. The Morgan fingerprint density at radius 3 is 2.68 bits per heavy atom. The van der Waals surface area contributed by atoms with E-state index < -0.39 is 17.7 Å². The fourth-order valence-electron chi connectivity index (χ4n) is 2.82. The maximum Gasteiger partial charge on any atom is 0.416 e. The van der Waals surface area contributed by atoms with Crippen LogP contribution in [0, 0.1) is 5.41 Å². The number of hydrogen-bond donors (Lipinski definition) is 3. The molecule has 162 valence electrons. The maximum atomic E-state index is 12.8. The van der Waals surface area contributed by atoms with Crippen molar-refractivity contribution in [2.24, 2.45) is 5.10 Å². The molecular formula is C21H19F3N4O3. The molecule has 0 fully saturated rings. The Bertz CT molecular complexity index is 1150. The van der Waals surface area contributed by atoms with Crippen LogP contribution in [0.1, 0.15) is 12.5 Å². The molecule has 3 N–H and O–H groups in total. The summed E-state index contributed by atoms with van der Waals surface area (Å²) in [5, 5.41) is 21.6. The van der Waals surface area contributed by atoms with Gasteiger partial charge in [0.05, 0.1) is 17.0 Å². The van der Waals surface area contributed by atoms with E-state index in [2.05, 4.69) is 10.5 Å². The van der Waals surface area contributed by atoms with Gasteiger partial charge in [0.15, 0.2) is 0 Å². The number of nitrogens with one attached hydrogen (secondary N) is 2. The fourth-order valence-corrected chi connectivity index (χ4v) is 2.82. The zero-order valence-corrected chi connectivity index (χ0v) is 16.4. The summed E-state index contributed by atoms with van der Waals surface area (Å²) in [5.74, 6) is -0.470. The number of carboxylic acids is 1. The molecular weight excluding hydrogens is 413 g/mol. The number of ether oxygens (including phenoxy) is 1. The average Bonchev–Trinajstić information content (AvgIpc) is 3.08. The molecule has 0 aliphatic rings. The number of anilines is 1. The number of benzene rings is 2. The van der Waals surface area contributed by atoms with Gasteiger partial charge >= 0.3 is 12.1 Å². The number of hydrogen-bond acceptors (Lipinski definition) is 5. The van der Waals surface area contributed by atoms with Crippen LogP contribution in [-0.4, -0.2) is 33.7 Å². The average molecular weight is 432 g/mol. The van der Waals surface area contributed by atoms with Crippen LogP contribution in [0.25, 0.3) is 10.9 Å². The van der Waals surface area contributed by atoms with Crippen molar-refractivity contribution in [1.29, 1.82) is 5.41 Å². The molecule has 0 aliphatic carbocycles. The van der Waals surface area contributed by atoms with E-state index in [-0.39, 0.29) is 30.3 Å². The molecule has 0 aliphatic heterocycles. The van der Waals surface area contributed by atoms with Gasteiger partial charge in [-0.3, -0.25) is 10.2 Å². The van der Waals surface area contributed by atoms with E-state index in [9.17, 15) is 18.0 Å². The Kier molecular flexibility index (Phi) is 6.28. The van der Waals surface area contributed by atoms with Crippen LogP contribution in [0.3, 0.4) is 0 Å². The quantitative estimate of drug-likeness (QED) is 0.357. The van der Waals surface area contributed by atoms with Crippen molar-refractivity contribution < 1.29 is 27.8 Å². The van der Waals surface area contributed by atoms with Crippen LogP contribution >= 0.6 is 0 Å². The molecule has 1 aromatic heterocycles. The number of carbonyl (C=O) groups is 1. The minimum absolute atomic E-state index is 0.0807. The lowest BCUT2D eigenvalue weighted by Crippen LogP contribution is -2.20. The molecule has 1 heterocycles. The van der Waals surface area contributed by atoms with E-state index in [0.717, 1.165) is 23.0 Å². The van der Waals surface area contributed by atoms with E-state index in [0.29, 0.717) is 5.75 Å². The highest BCUT2D eigenvalue weighted by Gasteiger charge is 2.30. The molecule has 0 amide bonds. The van der Waals surface area contributed by atoms with E-state index in [1.807, 2.05) is 0 Å². The summed E-state index contributed by atoms with van der Waals surface area (Å²) in [5.41, 5.74) is 2.90. The van der Waals surface area contributed by atoms with E-state index >= 15 is 0 Å². The minimum atomic E-state index is -4.47. The van der Waals surface area contributed by atoms with Gasteiger partial charge in [-0.25, -0.2) is 0 Å². The predicted molar refractivity (Wildman–Crippen MR) is 111 cm³/mol. The number of nitrogens with zero attached hydrogens (tertiary/aromatic N) is 2. The second-order valence-corrected chi connectivity index (χ2v) is 6.72. The summed E-state index contributed by atoms with van der Waals surface area (Å²) in [6.45, 7) is 1.25. The Hall–Kier alpha value is -3.82. The summed E-state index contributed by atoms with van der Waals surface area (Å²) >= 11 is 0. The van der Waals surface area contributed by atoms with Crippen molar-refractivity contribution >= 4 is 34.0 Å². The number of rotatable bonds is 8. The first kappa shape index (κ1) is 21.9. The number of carboxylic acid groups (broad SMARTS) is 1. The molecule has 0 saturated carbocycles. The number of alkyl halides is 3. The van der Waals surface area contributed by atoms with E-state index in [1.165, 1.54) is 19.1 Å². The summed E-state index contributed by atoms with van der Waals surface area (Å²) in [6.07, 6.45) is -2.80. The molecule has 0 unspecified atom stereocenters. The van der Waals surface area contributed by atoms with Crippen LogP contribution in [0.4, 0.5) is 18.9 Å². The van der Waals surface area contributed by atoms with Crippen molar-refractivity contribution in [2.75, 3.05) is 12.0 Å². The van der Waals surface area contributed by atoms with Gasteiger partial charge in [-0.2, -0.15) is 18.3 Å². The first-order valence-corrected chi connectivity index (χ1v) is 9.12. The lowest BCUT2D eigenvalue weighted by molar-refractivity contribution is -0.138. The van der Waals surface area contributed by atoms with Crippen molar-refractivity contribution in [1.82, 2.24) is 4.57 Å². The highest BCUT2D eigenvalue weighted by Crippen LogP contribution is 2.30. The van der Waals surface area contributed by atoms with E-state index in [1.54, 1.807) is 35.0 Å². The smallest absolute Gasteiger partial charge is 0.416 e. The fraction of sp³-hybridized carbons (Fsp3) is 0.190. The Balaban J connectivity index is 1.71. The van der Waals surface area contributed by atoms with Crippen LogP contribution in [0.15, 0.2) is 59.8 Å². The zero-order chi connectivity index (χ0) is 22.6. The Labute approximate surface area is 175 Å². The van der Waals surface area contributed by atoms with Crippen molar-refractivity contribution in [3.05, 3.63) is 60.3 Å². The van der Waals surface area contributed by atoms with Crippen LogP contribution in [0.2, 0.25) is 0 Å². The van der Waals surface area contributed by atoms with Crippen LogP contribution in [0.5, 0.6) is 5.75 Å². The summed E-state index contributed by atoms with van der Waals surface area (Å²) in [4.78, 5) is 10.9. The Morgan fingerprint density at radius 1 is 1.23 bits per heavy atom. The SMILES string of the molecule is CC(=N)/C(COc1ccc2c(ccn2CC(=O)O)c1)=N\Nc1cccc(C(F)(F)F)c1. The number of aliphatic carboxylic acids is 1. The first-order chi connectivity index (χ1) is 14.6. The van der Waals surface area contributed by atoms with Crippen molar-refractivity contribution in [2.45, 2.75) is 19.6 Å². The standard InChI is InChI=1S/C21H19F3N4O3/c1-13(25)18(27-26-16-4-2-3-15(10-16)21(22,23)24)12-31-17-5-6-19-14(9-17)7-8-28(19)11-20(29)30/h2-10,25-26H,11-12H2,1H3,(H,29,30)/b25-13?,27-18-. The molecule has 0 saturated heterocycles. The molecule has 3 rings (SSSR count). The number of aromatic nitrogens is 1. The summed E-state index contributed by atoms with van der Waals surface area (Å²) < 4.78 is 45.8. The molecule has 31 heavy (non-hydrogen) atoms. The lowest BCUT2D eigenvalue weighted by Gasteiger charge is -2.11. The molecule has 2 aromatic carbocycles. The summed E-state index contributed by atoms with van der Waals surface area (Å²) in [7, 11) is 0. The van der Waals surface area contributed by atoms with Gasteiger partial charge in [0.2, 0.25) is 0 Å². The highest BCUT2D eigenvalue weighted by atomic mass is 19.4. The molecule has 0 radical (unpaired) electrons. The van der Waals surface area contributed by atoms with Gasteiger partial charge in [-0.15, -0.1) is 0 Å². The van der Waals surface area contributed by atoms with Gasteiger partial charge < -0.3 is 19.8 Å². The van der Waals surface area contributed by atoms with E-state index in [4.69, 9.17) is 15.3 Å². The van der Waals surface area contributed by atoms with Gasteiger partial charge in [-0.05, 0) is 49.4 Å². The third-order valence-corrected chi connectivity index (χ3v) is 4.37. The van der Waals surface area contributed by atoms with Gasteiger partial charge in [0, 0.05) is 17.1 Å². The van der Waals surface area contributed by atoms with Crippen molar-refractivity contribution in [3.63, 3.8) is 0 Å². The zero-order valence-electron chi connectivity index (χ0n) is 16.4. The molecule has 0 bridgehead atoms. The second kappa shape index (κ2) is 8.90. The van der Waals surface area contributed by atoms with Gasteiger partial charge in [-0.1, -0.05) is 6.07 Å². The molecule has 0 spiro atoms. The molecule has 7 nitrogen and oxygen atoms in total. The first-order valence-electron chi connectivity index (χ1n) is 9.12. The predicted octanol–water partition coefficient (Wildman–Crippen LogP) is 4.63. The monoisotopic (exact) mass is 432 g/mol. The number of halogens is 3. The third-order valence-electron chi connectivity index (χ3n) is 4.37.